The van der Waals surface area contributed by atoms with Crippen molar-refractivity contribution in [2.24, 2.45) is 5.73 Å². The number of para-hydroxylation sites is 1. The molecule has 0 atom stereocenters. The molecule has 0 fully saturated rings. The van der Waals surface area contributed by atoms with Gasteiger partial charge in [0.2, 0.25) is 0 Å². The second-order valence-electron chi connectivity index (χ2n) is 2.94. The van der Waals surface area contributed by atoms with Crippen LogP contribution in [0.15, 0.2) is 24.3 Å². The number of rotatable bonds is 2. The van der Waals surface area contributed by atoms with Gasteiger partial charge >= 0.3 is 0 Å². The molecule has 4 nitrogen and oxygen atoms in total. The molecule has 0 unspecified atom stereocenters. The second-order valence-corrected chi connectivity index (χ2v) is 3.73. The van der Waals surface area contributed by atoms with Crippen LogP contribution in [-0.2, 0) is 6.54 Å². The maximum atomic E-state index is 6.07. The molecule has 78 valence electrons. The van der Waals surface area contributed by atoms with Crippen LogP contribution in [0, 0.1) is 4.77 Å². The Bertz CT molecular complexity index is 531. The van der Waals surface area contributed by atoms with Crippen molar-refractivity contribution in [2.75, 3.05) is 0 Å². The van der Waals surface area contributed by atoms with Gasteiger partial charge in [0.25, 0.3) is 0 Å². The first-order chi connectivity index (χ1) is 7.24. The summed E-state index contributed by atoms with van der Waals surface area (Å²) in [6, 6.07) is 7.41. The molecule has 0 radical (unpaired) electrons. The Morgan fingerprint density at radius 2 is 2.20 bits per heavy atom. The maximum Gasteiger partial charge on any atom is 0.199 e. The van der Waals surface area contributed by atoms with Gasteiger partial charge in [-0.05, 0) is 24.4 Å². The number of nitrogens with one attached hydrogen (secondary N) is 1. The van der Waals surface area contributed by atoms with Crippen molar-refractivity contribution >= 4 is 23.8 Å². The van der Waals surface area contributed by atoms with Gasteiger partial charge in [-0.25, -0.2) is 0 Å². The molecule has 0 bridgehead atoms. The Balaban J connectivity index is 2.68. The summed E-state index contributed by atoms with van der Waals surface area (Å²) in [5.74, 6) is 0.660. The number of nitrogens with two attached hydrogens (primary N) is 1. The van der Waals surface area contributed by atoms with Gasteiger partial charge in [-0.2, -0.15) is 5.10 Å². The predicted molar refractivity (Wildman–Crippen MR) is 61.7 cm³/mol. The third-order valence-electron chi connectivity index (χ3n) is 2.02. The van der Waals surface area contributed by atoms with E-state index in [4.69, 9.17) is 29.6 Å². The van der Waals surface area contributed by atoms with E-state index in [0.29, 0.717) is 22.2 Å². The Morgan fingerprint density at radius 3 is 2.87 bits per heavy atom. The zero-order chi connectivity index (χ0) is 10.8. The zero-order valence-corrected chi connectivity index (χ0v) is 9.35. The maximum absolute atomic E-state index is 6.07. The van der Waals surface area contributed by atoms with Crippen molar-refractivity contribution in [1.29, 1.82) is 0 Å². The van der Waals surface area contributed by atoms with Crippen LogP contribution in [0.25, 0.3) is 5.69 Å². The fourth-order valence-electron chi connectivity index (χ4n) is 1.35. The van der Waals surface area contributed by atoms with Crippen molar-refractivity contribution < 1.29 is 0 Å². The van der Waals surface area contributed by atoms with Crippen LogP contribution in [-0.4, -0.2) is 14.8 Å². The molecule has 0 saturated carbocycles. The largest absolute Gasteiger partial charge is 0.324 e. The van der Waals surface area contributed by atoms with Crippen LogP contribution in [0.3, 0.4) is 0 Å². The Morgan fingerprint density at radius 1 is 1.47 bits per heavy atom. The highest BCUT2D eigenvalue weighted by Crippen LogP contribution is 2.20. The van der Waals surface area contributed by atoms with Crippen LogP contribution in [0.5, 0.6) is 0 Å². The van der Waals surface area contributed by atoms with E-state index >= 15 is 0 Å². The average molecular weight is 241 g/mol. The lowest BCUT2D eigenvalue weighted by molar-refractivity contribution is 0.857. The van der Waals surface area contributed by atoms with E-state index in [0.717, 1.165) is 5.69 Å². The summed E-state index contributed by atoms with van der Waals surface area (Å²) in [5.41, 5.74) is 6.35. The molecule has 1 aromatic carbocycles. The van der Waals surface area contributed by atoms with Gasteiger partial charge in [0.1, 0.15) is 5.82 Å². The van der Waals surface area contributed by atoms with Gasteiger partial charge in [-0.3, -0.25) is 9.67 Å². The molecule has 1 aromatic heterocycles. The monoisotopic (exact) mass is 240 g/mol. The molecule has 0 spiro atoms. The van der Waals surface area contributed by atoms with Crippen LogP contribution >= 0.6 is 23.8 Å². The van der Waals surface area contributed by atoms with Crippen LogP contribution in [0.4, 0.5) is 0 Å². The standard InChI is InChI=1S/C9H9ClN4S/c10-6-3-1-2-4-7(6)14-8(5-11)12-13-9(14)15/h1-4H,5,11H2,(H,13,15). The highest BCUT2D eigenvalue weighted by Gasteiger charge is 2.08. The topological polar surface area (TPSA) is 59.6 Å². The number of hydrogen-bond acceptors (Lipinski definition) is 3. The molecule has 15 heavy (non-hydrogen) atoms. The van der Waals surface area contributed by atoms with E-state index in [1.54, 1.807) is 10.6 Å². The zero-order valence-electron chi connectivity index (χ0n) is 7.77. The van der Waals surface area contributed by atoms with E-state index in [9.17, 15) is 0 Å². The van der Waals surface area contributed by atoms with E-state index in [1.165, 1.54) is 0 Å². The number of aromatic amines is 1. The first-order valence-corrected chi connectivity index (χ1v) is 5.14. The number of H-pyrrole nitrogens is 1. The third kappa shape index (κ3) is 1.81. The smallest absolute Gasteiger partial charge is 0.199 e. The van der Waals surface area contributed by atoms with Crippen molar-refractivity contribution in [2.45, 2.75) is 6.54 Å². The predicted octanol–water partition coefficient (Wildman–Crippen LogP) is 2.04. The molecule has 2 aromatic rings. The lowest BCUT2D eigenvalue weighted by atomic mass is 10.3. The SMILES string of the molecule is NCc1n[nH]c(=S)n1-c1ccccc1Cl. The fraction of sp³-hybridized carbons (Fsp3) is 0.111. The minimum absolute atomic E-state index is 0.304. The summed E-state index contributed by atoms with van der Waals surface area (Å²) < 4.78 is 2.22. The quantitative estimate of drug-likeness (QED) is 0.790. The Hall–Kier alpha value is -1.17. The number of aromatic nitrogens is 3. The number of benzene rings is 1. The molecule has 0 aliphatic heterocycles. The molecule has 2 rings (SSSR count). The van der Waals surface area contributed by atoms with E-state index < -0.39 is 0 Å². The molecule has 6 heteroatoms. The van der Waals surface area contributed by atoms with Crippen molar-refractivity contribution in [1.82, 2.24) is 14.8 Å². The van der Waals surface area contributed by atoms with Crippen LogP contribution in [0.1, 0.15) is 5.82 Å². The van der Waals surface area contributed by atoms with Gasteiger partial charge in [0, 0.05) is 0 Å². The van der Waals surface area contributed by atoms with Crippen LogP contribution < -0.4 is 5.73 Å². The van der Waals surface area contributed by atoms with Gasteiger partial charge in [0.05, 0.1) is 17.3 Å². The number of hydrogen-bond donors (Lipinski definition) is 2. The molecule has 0 amide bonds. The Labute approximate surface area is 96.7 Å². The van der Waals surface area contributed by atoms with Crippen molar-refractivity contribution in [3.8, 4) is 5.69 Å². The Kier molecular flexibility index (Phi) is 2.86. The second kappa shape index (κ2) is 4.14. The summed E-state index contributed by atoms with van der Waals surface area (Å²) in [6.45, 7) is 0.304. The summed E-state index contributed by atoms with van der Waals surface area (Å²) in [5, 5.41) is 7.32. The first-order valence-electron chi connectivity index (χ1n) is 4.35. The molecular formula is C9H9ClN4S. The summed E-state index contributed by atoms with van der Waals surface area (Å²) in [6.07, 6.45) is 0. The lowest BCUT2D eigenvalue weighted by Crippen LogP contribution is -2.07. The molecule has 0 aliphatic carbocycles. The lowest BCUT2D eigenvalue weighted by Gasteiger charge is -2.06. The van der Waals surface area contributed by atoms with Gasteiger partial charge in [-0.1, -0.05) is 23.7 Å². The summed E-state index contributed by atoms with van der Waals surface area (Å²) in [4.78, 5) is 0. The highest BCUT2D eigenvalue weighted by atomic mass is 35.5. The van der Waals surface area contributed by atoms with Crippen LogP contribution in [0.2, 0.25) is 5.02 Å². The molecule has 1 heterocycles. The average Bonchev–Trinajstić information content (AvgIpc) is 2.60. The van der Waals surface area contributed by atoms with E-state index in [1.807, 2.05) is 18.2 Å². The summed E-state index contributed by atoms with van der Waals surface area (Å²) in [7, 11) is 0. The highest BCUT2D eigenvalue weighted by molar-refractivity contribution is 7.71. The van der Waals surface area contributed by atoms with E-state index in [-0.39, 0.29) is 0 Å². The van der Waals surface area contributed by atoms with Crippen molar-refractivity contribution in [3.05, 3.63) is 39.9 Å². The fourth-order valence-corrected chi connectivity index (χ4v) is 1.82. The molecule has 3 N–H and O–H groups in total. The normalized spacial score (nSPS) is 10.5. The van der Waals surface area contributed by atoms with E-state index in [2.05, 4.69) is 10.2 Å². The number of nitrogens with zero attached hydrogens (tertiary/aromatic N) is 2. The minimum atomic E-state index is 0.304. The number of halogens is 1. The minimum Gasteiger partial charge on any atom is -0.324 e. The first kappa shape index (κ1) is 10.4. The third-order valence-corrected chi connectivity index (χ3v) is 2.61. The molecule has 0 aliphatic rings. The molecule has 0 saturated heterocycles. The summed E-state index contributed by atoms with van der Waals surface area (Å²) >= 11 is 11.2. The van der Waals surface area contributed by atoms with Gasteiger partial charge in [-0.15, -0.1) is 0 Å². The molecular weight excluding hydrogens is 232 g/mol. The van der Waals surface area contributed by atoms with Gasteiger partial charge < -0.3 is 5.73 Å². The van der Waals surface area contributed by atoms with Gasteiger partial charge in [0.15, 0.2) is 4.77 Å². The van der Waals surface area contributed by atoms with Crippen molar-refractivity contribution in [3.63, 3.8) is 0 Å².